The second-order valence-electron chi connectivity index (χ2n) is 7.19. The Kier molecular flexibility index (Phi) is 6.99. The van der Waals surface area contributed by atoms with E-state index in [9.17, 15) is 9.59 Å². The average Bonchev–Trinajstić information content (AvgIpc) is 2.61. The number of urea groups is 1. The Morgan fingerprint density at radius 1 is 0.778 bits per heavy atom. The minimum absolute atomic E-state index is 0.0934. The number of nitrogens with one attached hydrogen (secondary N) is 3. The van der Waals surface area contributed by atoms with Crippen molar-refractivity contribution in [2.24, 2.45) is 0 Å². The van der Waals surface area contributed by atoms with E-state index < -0.39 is 0 Å². The van der Waals surface area contributed by atoms with Crippen LogP contribution in [-0.4, -0.2) is 11.9 Å². The highest BCUT2D eigenvalue weighted by Gasteiger charge is 2.13. The van der Waals surface area contributed by atoms with Crippen LogP contribution < -0.4 is 16.0 Å². The summed E-state index contributed by atoms with van der Waals surface area (Å²) in [6.45, 7) is 9.66. The first-order chi connectivity index (χ1) is 12.8. The molecule has 2 unspecified atom stereocenters. The standard InChI is InChI=1S/C22H29N3O2/c1-14(2)18-9-11-19(12-10-18)15(3)23-22(27)24-16(4)20-7-6-8-21(13-20)25-17(5)26/h6-16H,1-5H3,(H,25,26)(H2,23,24,27). The van der Waals surface area contributed by atoms with Gasteiger partial charge in [0.25, 0.3) is 0 Å². The predicted octanol–water partition coefficient (Wildman–Crippen LogP) is 4.89. The average molecular weight is 367 g/mol. The number of benzene rings is 2. The van der Waals surface area contributed by atoms with Crippen LogP contribution in [0.2, 0.25) is 0 Å². The van der Waals surface area contributed by atoms with Gasteiger partial charge in [-0.3, -0.25) is 4.79 Å². The number of carbonyl (C=O) groups is 2. The fraction of sp³-hybridized carbons (Fsp3) is 0.364. The number of carbonyl (C=O) groups excluding carboxylic acids is 2. The quantitative estimate of drug-likeness (QED) is 0.680. The Hall–Kier alpha value is -2.82. The predicted molar refractivity (Wildman–Crippen MR) is 110 cm³/mol. The van der Waals surface area contributed by atoms with Crippen molar-refractivity contribution in [1.82, 2.24) is 10.6 Å². The van der Waals surface area contributed by atoms with Crippen LogP contribution in [0.1, 0.15) is 69.3 Å². The van der Waals surface area contributed by atoms with Gasteiger partial charge in [0.2, 0.25) is 5.91 Å². The highest BCUT2D eigenvalue weighted by molar-refractivity contribution is 5.88. The molecule has 27 heavy (non-hydrogen) atoms. The zero-order valence-corrected chi connectivity index (χ0v) is 16.7. The van der Waals surface area contributed by atoms with Crippen LogP contribution in [0.25, 0.3) is 0 Å². The van der Waals surface area contributed by atoms with E-state index in [0.29, 0.717) is 11.6 Å². The first-order valence-electron chi connectivity index (χ1n) is 9.30. The van der Waals surface area contributed by atoms with Gasteiger partial charge in [0.1, 0.15) is 0 Å². The van der Waals surface area contributed by atoms with Crippen molar-refractivity contribution in [3.8, 4) is 0 Å². The van der Waals surface area contributed by atoms with Gasteiger partial charge in [0.15, 0.2) is 0 Å². The lowest BCUT2D eigenvalue weighted by Gasteiger charge is -2.19. The fourth-order valence-electron chi connectivity index (χ4n) is 2.86. The molecule has 0 saturated heterocycles. The molecule has 0 aliphatic carbocycles. The molecule has 0 saturated carbocycles. The van der Waals surface area contributed by atoms with Crippen LogP contribution in [-0.2, 0) is 4.79 Å². The molecule has 3 amide bonds. The van der Waals surface area contributed by atoms with Crippen molar-refractivity contribution in [2.75, 3.05) is 5.32 Å². The Morgan fingerprint density at radius 3 is 1.89 bits per heavy atom. The van der Waals surface area contributed by atoms with Gasteiger partial charge in [-0.1, -0.05) is 50.2 Å². The minimum atomic E-state index is -0.229. The van der Waals surface area contributed by atoms with Gasteiger partial charge in [0.05, 0.1) is 12.1 Å². The van der Waals surface area contributed by atoms with E-state index in [4.69, 9.17) is 0 Å². The van der Waals surface area contributed by atoms with Crippen LogP contribution >= 0.6 is 0 Å². The summed E-state index contributed by atoms with van der Waals surface area (Å²) >= 11 is 0. The molecule has 0 aliphatic heterocycles. The SMILES string of the molecule is CC(=O)Nc1cccc(C(C)NC(=O)NC(C)c2ccc(C(C)C)cc2)c1. The second-order valence-corrected chi connectivity index (χ2v) is 7.19. The molecule has 144 valence electrons. The van der Waals surface area contributed by atoms with E-state index in [1.165, 1.54) is 12.5 Å². The smallest absolute Gasteiger partial charge is 0.315 e. The molecule has 3 N–H and O–H groups in total. The minimum Gasteiger partial charge on any atom is -0.332 e. The van der Waals surface area contributed by atoms with Gasteiger partial charge in [0, 0.05) is 12.6 Å². The molecule has 5 nitrogen and oxygen atoms in total. The Bertz CT molecular complexity index is 784. The van der Waals surface area contributed by atoms with E-state index in [2.05, 4.69) is 54.1 Å². The van der Waals surface area contributed by atoms with Gasteiger partial charge in [-0.05, 0) is 48.6 Å². The van der Waals surface area contributed by atoms with Crippen molar-refractivity contribution in [1.29, 1.82) is 0 Å². The number of hydrogen-bond donors (Lipinski definition) is 3. The largest absolute Gasteiger partial charge is 0.332 e. The summed E-state index contributed by atoms with van der Waals surface area (Å²) in [5, 5.41) is 8.67. The van der Waals surface area contributed by atoms with Crippen LogP contribution in [0, 0.1) is 0 Å². The van der Waals surface area contributed by atoms with Crippen LogP contribution in [0.15, 0.2) is 48.5 Å². The summed E-state index contributed by atoms with van der Waals surface area (Å²) in [6.07, 6.45) is 0. The van der Waals surface area contributed by atoms with Gasteiger partial charge >= 0.3 is 6.03 Å². The highest BCUT2D eigenvalue weighted by atomic mass is 16.2. The first kappa shape index (κ1) is 20.5. The lowest BCUT2D eigenvalue weighted by Crippen LogP contribution is -2.38. The molecule has 0 radical (unpaired) electrons. The van der Waals surface area contributed by atoms with Crippen molar-refractivity contribution in [2.45, 2.75) is 52.6 Å². The Balaban J connectivity index is 1.95. The topological polar surface area (TPSA) is 70.2 Å². The lowest BCUT2D eigenvalue weighted by atomic mass is 10.00. The van der Waals surface area contributed by atoms with Crippen LogP contribution in [0.4, 0.5) is 10.5 Å². The van der Waals surface area contributed by atoms with Gasteiger partial charge in [-0.2, -0.15) is 0 Å². The molecule has 0 fully saturated rings. The van der Waals surface area contributed by atoms with E-state index in [-0.39, 0.29) is 24.0 Å². The number of amides is 3. The number of hydrogen-bond acceptors (Lipinski definition) is 2. The first-order valence-corrected chi connectivity index (χ1v) is 9.30. The summed E-state index contributed by atoms with van der Waals surface area (Å²) in [6, 6.07) is 15.3. The van der Waals surface area contributed by atoms with Crippen LogP contribution in [0.3, 0.4) is 0 Å². The Labute approximate surface area is 161 Å². The van der Waals surface area contributed by atoms with Crippen molar-refractivity contribution in [3.63, 3.8) is 0 Å². The van der Waals surface area contributed by atoms with E-state index in [1.807, 2.05) is 38.1 Å². The molecule has 0 aromatic heterocycles. The zero-order valence-electron chi connectivity index (χ0n) is 16.7. The van der Waals surface area contributed by atoms with Gasteiger partial charge in [-0.25, -0.2) is 4.79 Å². The maximum Gasteiger partial charge on any atom is 0.315 e. The van der Waals surface area contributed by atoms with Crippen molar-refractivity contribution >= 4 is 17.6 Å². The third-order valence-corrected chi connectivity index (χ3v) is 4.51. The Morgan fingerprint density at radius 2 is 1.33 bits per heavy atom. The molecule has 0 spiro atoms. The van der Waals surface area contributed by atoms with Crippen molar-refractivity contribution < 1.29 is 9.59 Å². The summed E-state index contributed by atoms with van der Waals surface area (Å²) < 4.78 is 0. The second kappa shape index (κ2) is 9.21. The molecule has 2 atom stereocenters. The van der Waals surface area contributed by atoms with E-state index in [1.54, 1.807) is 0 Å². The molecular weight excluding hydrogens is 338 g/mol. The van der Waals surface area contributed by atoms with E-state index >= 15 is 0 Å². The summed E-state index contributed by atoms with van der Waals surface area (Å²) in [7, 11) is 0. The van der Waals surface area contributed by atoms with Gasteiger partial charge < -0.3 is 16.0 Å². The van der Waals surface area contributed by atoms with Crippen molar-refractivity contribution in [3.05, 3.63) is 65.2 Å². The number of rotatable bonds is 6. The molecule has 5 heteroatoms. The monoisotopic (exact) mass is 367 g/mol. The molecule has 2 rings (SSSR count). The summed E-state index contributed by atoms with van der Waals surface area (Å²) in [5.41, 5.74) is 3.98. The van der Waals surface area contributed by atoms with Gasteiger partial charge in [-0.15, -0.1) is 0 Å². The normalized spacial score (nSPS) is 13.0. The third-order valence-electron chi connectivity index (χ3n) is 4.51. The zero-order chi connectivity index (χ0) is 20.0. The lowest BCUT2D eigenvalue weighted by molar-refractivity contribution is -0.114. The van der Waals surface area contributed by atoms with E-state index in [0.717, 1.165) is 11.1 Å². The molecule has 0 heterocycles. The molecular formula is C22H29N3O2. The molecule has 2 aromatic carbocycles. The molecule has 0 bridgehead atoms. The highest BCUT2D eigenvalue weighted by Crippen LogP contribution is 2.20. The maximum absolute atomic E-state index is 12.4. The van der Waals surface area contributed by atoms with Crippen LogP contribution in [0.5, 0.6) is 0 Å². The molecule has 0 aliphatic rings. The number of anilines is 1. The summed E-state index contributed by atoms with van der Waals surface area (Å²) in [4.78, 5) is 23.6. The maximum atomic E-state index is 12.4. The fourth-order valence-corrected chi connectivity index (χ4v) is 2.86. The molecule has 2 aromatic rings. The summed E-state index contributed by atoms with van der Waals surface area (Å²) in [5.74, 6) is 0.363. The third kappa shape index (κ3) is 6.13.